The number of primary sulfonamides is 1. The van der Waals surface area contributed by atoms with Gasteiger partial charge < -0.3 is 5.32 Å². The molecule has 1 aromatic carbocycles. The molecule has 1 rings (SSSR count). The number of anilines is 1. The topological polar surface area (TPSA) is 122 Å². The predicted molar refractivity (Wildman–Crippen MR) is 104 cm³/mol. The minimum atomic E-state index is -4.15. The van der Waals surface area contributed by atoms with Crippen molar-refractivity contribution in [1.29, 1.82) is 0 Å². The maximum absolute atomic E-state index is 11.8. The van der Waals surface area contributed by atoms with E-state index in [1.807, 2.05) is 0 Å². The number of hydrazine groups is 1. The first-order chi connectivity index (χ1) is 12.8. The standard InChI is InChI=1S/C17H24N6O3S/c1-4-5-6-7-8-9-10-21-17(24)23-22-15-11-13(19-2)14(20-3)12-16(15)27(18,25)26/h11-12,22H,4-10H2,1H3,(H2,18,25,26)(H2,21,23,24). The van der Waals surface area contributed by atoms with E-state index >= 15 is 0 Å². The molecule has 0 radical (unpaired) electrons. The smallest absolute Gasteiger partial charge is 0.333 e. The van der Waals surface area contributed by atoms with Crippen LogP contribution < -0.4 is 21.3 Å². The van der Waals surface area contributed by atoms with Crippen LogP contribution >= 0.6 is 0 Å². The number of nitrogens with zero attached hydrogens (tertiary/aromatic N) is 2. The second kappa shape index (κ2) is 11.0. The number of hydrogen-bond acceptors (Lipinski definition) is 4. The molecule has 0 unspecified atom stereocenters. The first-order valence-corrected chi connectivity index (χ1v) is 10.1. The van der Waals surface area contributed by atoms with Gasteiger partial charge in [0.25, 0.3) is 0 Å². The Morgan fingerprint density at radius 2 is 1.67 bits per heavy atom. The molecule has 0 aliphatic rings. The van der Waals surface area contributed by atoms with Crippen LogP contribution in [0.4, 0.5) is 21.9 Å². The molecular weight excluding hydrogens is 368 g/mol. The van der Waals surface area contributed by atoms with Gasteiger partial charge in [-0.15, -0.1) is 0 Å². The number of nitrogens with one attached hydrogen (secondary N) is 3. The second-order valence-electron chi connectivity index (χ2n) is 5.88. The van der Waals surface area contributed by atoms with Crippen molar-refractivity contribution in [2.45, 2.75) is 50.3 Å². The van der Waals surface area contributed by atoms with Gasteiger partial charge in [0.1, 0.15) is 0 Å². The molecule has 0 saturated heterocycles. The zero-order chi connectivity index (χ0) is 20.3. The Bertz CT molecular complexity index is 839. The van der Waals surface area contributed by atoms with Crippen molar-refractivity contribution in [1.82, 2.24) is 10.7 Å². The van der Waals surface area contributed by atoms with Crippen LogP contribution in [0.1, 0.15) is 45.4 Å². The molecule has 0 saturated carbocycles. The van der Waals surface area contributed by atoms with Crippen molar-refractivity contribution in [3.63, 3.8) is 0 Å². The van der Waals surface area contributed by atoms with Crippen molar-refractivity contribution in [2.75, 3.05) is 12.0 Å². The van der Waals surface area contributed by atoms with Crippen LogP contribution in [0.15, 0.2) is 17.0 Å². The summed E-state index contributed by atoms with van der Waals surface area (Å²) in [7, 11) is -4.15. The van der Waals surface area contributed by atoms with Crippen LogP contribution in [0, 0.1) is 13.1 Å². The van der Waals surface area contributed by atoms with E-state index in [1.54, 1.807) is 0 Å². The van der Waals surface area contributed by atoms with Gasteiger partial charge in [0, 0.05) is 6.54 Å². The molecular formula is C17H24N6O3S. The Labute approximate surface area is 160 Å². The Morgan fingerprint density at radius 3 is 2.26 bits per heavy atom. The highest BCUT2D eigenvalue weighted by Crippen LogP contribution is 2.35. The first kappa shape index (κ1) is 22.2. The molecule has 1 aromatic rings. The number of hydrogen-bond donors (Lipinski definition) is 4. The number of urea groups is 1. The molecule has 0 aromatic heterocycles. The van der Waals surface area contributed by atoms with E-state index in [9.17, 15) is 13.2 Å². The molecule has 10 heteroatoms. The van der Waals surface area contributed by atoms with Gasteiger partial charge in [0.15, 0.2) is 11.4 Å². The van der Waals surface area contributed by atoms with E-state index in [2.05, 4.69) is 32.8 Å². The molecule has 0 atom stereocenters. The van der Waals surface area contributed by atoms with Crippen molar-refractivity contribution in [3.8, 4) is 0 Å². The van der Waals surface area contributed by atoms with E-state index < -0.39 is 16.1 Å². The molecule has 0 fully saturated rings. The number of unbranched alkanes of at least 4 members (excludes halogenated alkanes) is 5. The summed E-state index contributed by atoms with van der Waals surface area (Å²) in [4.78, 5) is 17.7. The number of rotatable bonds is 10. The lowest BCUT2D eigenvalue weighted by atomic mass is 10.1. The lowest BCUT2D eigenvalue weighted by molar-refractivity contribution is 0.242. The summed E-state index contributed by atoms with van der Waals surface area (Å²) in [6.45, 7) is 16.7. The summed E-state index contributed by atoms with van der Waals surface area (Å²) in [5.41, 5.74) is 4.50. The Kier molecular flexibility index (Phi) is 9.06. The summed E-state index contributed by atoms with van der Waals surface area (Å²) in [6, 6.07) is 1.63. The van der Waals surface area contributed by atoms with Gasteiger partial charge in [-0.25, -0.2) is 18.4 Å². The minimum absolute atomic E-state index is 0.0470. The zero-order valence-electron chi connectivity index (χ0n) is 15.2. The SMILES string of the molecule is [C-]#[N+]c1cc(NNC(=O)NCCCCCCCC)c(S(N)(=O)=O)cc1[N+]#[C-]. The maximum Gasteiger partial charge on any atom is 0.333 e. The van der Waals surface area contributed by atoms with Crippen LogP contribution in [0.3, 0.4) is 0 Å². The normalized spacial score (nSPS) is 10.5. The molecule has 27 heavy (non-hydrogen) atoms. The minimum Gasteiger partial charge on any atom is -0.337 e. The highest BCUT2D eigenvalue weighted by Gasteiger charge is 2.18. The van der Waals surface area contributed by atoms with Crippen LogP contribution in [0.25, 0.3) is 9.69 Å². The molecule has 9 nitrogen and oxygen atoms in total. The quantitative estimate of drug-likeness (QED) is 0.277. The fourth-order valence-electron chi connectivity index (χ4n) is 2.35. The number of amides is 2. The van der Waals surface area contributed by atoms with E-state index in [1.165, 1.54) is 19.3 Å². The molecule has 0 aliphatic heterocycles. The maximum atomic E-state index is 11.8. The van der Waals surface area contributed by atoms with Crippen molar-refractivity contribution >= 4 is 33.1 Å². The highest BCUT2D eigenvalue weighted by molar-refractivity contribution is 7.89. The van der Waals surface area contributed by atoms with E-state index in [-0.39, 0.29) is 22.0 Å². The van der Waals surface area contributed by atoms with Crippen molar-refractivity contribution in [3.05, 3.63) is 35.0 Å². The monoisotopic (exact) mass is 392 g/mol. The number of carbonyl (C=O) groups is 1. The Balaban J connectivity index is 2.64. The van der Waals surface area contributed by atoms with Crippen LogP contribution in [0.5, 0.6) is 0 Å². The van der Waals surface area contributed by atoms with Crippen LogP contribution in [-0.4, -0.2) is 21.0 Å². The summed E-state index contributed by atoms with van der Waals surface area (Å²) >= 11 is 0. The summed E-state index contributed by atoms with van der Waals surface area (Å²) in [6.07, 6.45) is 6.57. The first-order valence-electron chi connectivity index (χ1n) is 8.59. The molecule has 0 aliphatic carbocycles. The number of carbonyl (C=O) groups excluding carboxylic acids is 1. The van der Waals surface area contributed by atoms with Crippen LogP contribution in [0.2, 0.25) is 0 Å². The fraction of sp³-hybridized carbons (Fsp3) is 0.471. The van der Waals surface area contributed by atoms with Gasteiger partial charge in [0.05, 0.1) is 23.7 Å². The molecule has 2 amide bonds. The molecule has 0 spiro atoms. The Hall–Kier alpha value is -2.82. The lowest BCUT2D eigenvalue weighted by Gasteiger charge is -2.14. The highest BCUT2D eigenvalue weighted by atomic mass is 32.2. The summed E-state index contributed by atoms with van der Waals surface area (Å²) in [5, 5.41) is 7.80. The molecule has 0 heterocycles. The van der Waals surface area contributed by atoms with E-state index in [0.717, 1.165) is 31.4 Å². The van der Waals surface area contributed by atoms with Gasteiger partial charge in [0.2, 0.25) is 10.0 Å². The third-order valence-corrected chi connectivity index (χ3v) is 4.70. The molecule has 0 bridgehead atoms. The second-order valence-corrected chi connectivity index (χ2v) is 7.41. The summed E-state index contributed by atoms with van der Waals surface area (Å²) < 4.78 is 23.4. The van der Waals surface area contributed by atoms with Gasteiger partial charge in [-0.3, -0.25) is 20.5 Å². The average Bonchev–Trinajstić information content (AvgIpc) is 2.64. The number of sulfonamides is 1. The van der Waals surface area contributed by atoms with Gasteiger partial charge >= 0.3 is 6.03 Å². The predicted octanol–water partition coefficient (Wildman–Crippen LogP) is 3.42. The van der Waals surface area contributed by atoms with Gasteiger partial charge in [-0.05, 0) is 18.6 Å². The van der Waals surface area contributed by atoms with E-state index in [0.29, 0.717) is 6.54 Å². The largest absolute Gasteiger partial charge is 0.337 e. The summed E-state index contributed by atoms with van der Waals surface area (Å²) in [5.74, 6) is 0. The molecule has 5 N–H and O–H groups in total. The molecule has 146 valence electrons. The van der Waals surface area contributed by atoms with Crippen LogP contribution in [-0.2, 0) is 10.0 Å². The zero-order valence-corrected chi connectivity index (χ0v) is 16.0. The number of nitrogens with two attached hydrogens (primary N) is 1. The lowest BCUT2D eigenvalue weighted by Crippen LogP contribution is -2.39. The van der Waals surface area contributed by atoms with Gasteiger partial charge in [-0.2, -0.15) is 0 Å². The van der Waals surface area contributed by atoms with Crippen molar-refractivity contribution < 1.29 is 13.2 Å². The third kappa shape index (κ3) is 7.52. The third-order valence-electron chi connectivity index (χ3n) is 3.75. The fourth-order valence-corrected chi connectivity index (χ4v) is 3.04. The van der Waals surface area contributed by atoms with E-state index in [4.69, 9.17) is 18.3 Å². The van der Waals surface area contributed by atoms with Gasteiger partial charge in [-0.1, -0.05) is 39.0 Å². The Morgan fingerprint density at radius 1 is 1.07 bits per heavy atom. The number of benzene rings is 1. The average molecular weight is 392 g/mol. The van der Waals surface area contributed by atoms with Crippen molar-refractivity contribution in [2.24, 2.45) is 5.14 Å².